The summed E-state index contributed by atoms with van der Waals surface area (Å²) in [4.78, 5) is 30.9. The van der Waals surface area contributed by atoms with E-state index in [2.05, 4.69) is 10.3 Å². The number of hydrogen-bond donors (Lipinski definition) is 1. The molecular weight excluding hydrogens is 390 g/mol. The Hall–Kier alpha value is -2.90. The predicted octanol–water partition coefficient (Wildman–Crippen LogP) is 4.61. The Morgan fingerprint density at radius 3 is 2.82 bits per heavy atom. The van der Waals surface area contributed by atoms with Crippen LogP contribution in [0.5, 0.6) is 0 Å². The van der Waals surface area contributed by atoms with Crippen molar-refractivity contribution >= 4 is 39.7 Å². The van der Waals surface area contributed by atoms with Crippen molar-refractivity contribution in [2.75, 3.05) is 5.32 Å². The van der Waals surface area contributed by atoms with E-state index in [1.807, 2.05) is 60.8 Å². The van der Waals surface area contributed by atoms with Gasteiger partial charge in [-0.15, -0.1) is 23.1 Å². The van der Waals surface area contributed by atoms with Crippen LogP contribution in [0.2, 0.25) is 0 Å². The molecule has 0 atom stereocenters. The molecule has 28 heavy (non-hydrogen) atoms. The molecule has 0 fully saturated rings. The number of fused-ring (bicyclic) bond motifs is 1. The topological polar surface area (TPSA) is 63.5 Å². The minimum atomic E-state index is -0.137. The van der Waals surface area contributed by atoms with Crippen molar-refractivity contribution in [3.05, 3.63) is 93.3 Å². The second kappa shape index (κ2) is 8.00. The maximum absolute atomic E-state index is 12.6. The van der Waals surface area contributed by atoms with Gasteiger partial charge in [0.15, 0.2) is 4.96 Å². The quantitative estimate of drug-likeness (QED) is 0.491. The smallest absolute Gasteiger partial charge is 0.258 e. The van der Waals surface area contributed by atoms with Crippen LogP contribution in [0.4, 0.5) is 5.69 Å². The van der Waals surface area contributed by atoms with Gasteiger partial charge in [0.1, 0.15) is 0 Å². The molecule has 0 aliphatic carbocycles. The first-order chi connectivity index (χ1) is 13.6. The number of carbonyl (C=O) groups excluding carboxylic acids is 1. The second-order valence-electron chi connectivity index (χ2n) is 6.20. The summed E-state index contributed by atoms with van der Waals surface area (Å²) in [5.41, 5.74) is 2.97. The number of aromatic nitrogens is 2. The molecule has 140 valence electrons. The first-order valence-corrected chi connectivity index (χ1v) is 10.5. The molecule has 0 saturated carbocycles. The molecule has 0 aliphatic heterocycles. The van der Waals surface area contributed by atoms with Crippen molar-refractivity contribution in [1.82, 2.24) is 9.38 Å². The summed E-state index contributed by atoms with van der Waals surface area (Å²) in [5, 5.41) is 4.84. The van der Waals surface area contributed by atoms with Crippen molar-refractivity contribution in [2.24, 2.45) is 0 Å². The highest BCUT2D eigenvalue weighted by Crippen LogP contribution is 2.30. The van der Waals surface area contributed by atoms with Gasteiger partial charge in [-0.05, 0) is 30.7 Å². The Balaban J connectivity index is 1.53. The van der Waals surface area contributed by atoms with Gasteiger partial charge in [0.2, 0.25) is 0 Å². The minimum Gasteiger partial charge on any atom is -0.321 e. The number of nitrogens with zero attached hydrogens (tertiary/aromatic N) is 2. The molecule has 2 heterocycles. The fraction of sp³-hybridized carbons (Fsp3) is 0.0952. The van der Waals surface area contributed by atoms with E-state index in [0.717, 1.165) is 21.8 Å². The Morgan fingerprint density at radius 1 is 1.18 bits per heavy atom. The van der Waals surface area contributed by atoms with Crippen molar-refractivity contribution < 1.29 is 4.79 Å². The summed E-state index contributed by atoms with van der Waals surface area (Å²) in [6.45, 7) is 1.92. The lowest BCUT2D eigenvalue weighted by molar-refractivity contribution is 0.102. The van der Waals surface area contributed by atoms with Crippen molar-refractivity contribution in [3.8, 4) is 0 Å². The number of anilines is 1. The summed E-state index contributed by atoms with van der Waals surface area (Å²) < 4.78 is 1.54. The van der Waals surface area contributed by atoms with Gasteiger partial charge in [0.05, 0.1) is 11.4 Å². The fourth-order valence-corrected chi connectivity index (χ4v) is 4.47. The molecule has 0 bridgehead atoms. The van der Waals surface area contributed by atoms with Crippen LogP contribution in [0.25, 0.3) is 4.96 Å². The normalized spacial score (nSPS) is 10.9. The predicted molar refractivity (Wildman–Crippen MR) is 114 cm³/mol. The van der Waals surface area contributed by atoms with Gasteiger partial charge in [-0.1, -0.05) is 30.3 Å². The molecule has 4 rings (SSSR count). The maximum atomic E-state index is 12.6. The molecular formula is C21H17N3O2S2. The Bertz CT molecular complexity index is 1210. The number of carbonyl (C=O) groups is 1. The zero-order valence-electron chi connectivity index (χ0n) is 15.1. The number of thiazole rings is 1. The Labute approximate surface area is 170 Å². The molecule has 0 aliphatic rings. The van der Waals surface area contributed by atoms with Gasteiger partial charge in [-0.2, -0.15) is 0 Å². The molecule has 1 amide bonds. The maximum Gasteiger partial charge on any atom is 0.258 e. The van der Waals surface area contributed by atoms with Crippen LogP contribution >= 0.6 is 23.1 Å². The average Bonchev–Trinajstić information content (AvgIpc) is 3.17. The van der Waals surface area contributed by atoms with Gasteiger partial charge < -0.3 is 5.32 Å². The van der Waals surface area contributed by atoms with Gasteiger partial charge in [0, 0.05) is 33.9 Å². The van der Waals surface area contributed by atoms with Crippen molar-refractivity contribution in [1.29, 1.82) is 0 Å². The summed E-state index contributed by atoms with van der Waals surface area (Å²) in [6.07, 6.45) is 1.72. The SMILES string of the molecule is Cc1ccccc1C(=O)Nc1ccccc1SCc1cc(=O)n2ccsc2n1. The van der Waals surface area contributed by atoms with E-state index < -0.39 is 0 Å². The summed E-state index contributed by atoms with van der Waals surface area (Å²) in [6, 6.07) is 16.7. The molecule has 0 spiro atoms. The van der Waals surface area contributed by atoms with E-state index in [0.29, 0.717) is 16.3 Å². The summed E-state index contributed by atoms with van der Waals surface area (Å²) in [5.74, 6) is 0.406. The lowest BCUT2D eigenvalue weighted by atomic mass is 10.1. The third-order valence-corrected chi connectivity index (χ3v) is 6.12. The van der Waals surface area contributed by atoms with Crippen molar-refractivity contribution in [2.45, 2.75) is 17.6 Å². The van der Waals surface area contributed by atoms with E-state index in [-0.39, 0.29) is 11.5 Å². The van der Waals surface area contributed by atoms with E-state index >= 15 is 0 Å². The fourth-order valence-electron chi connectivity index (χ4n) is 2.83. The van der Waals surface area contributed by atoms with E-state index in [4.69, 9.17) is 0 Å². The second-order valence-corrected chi connectivity index (χ2v) is 8.09. The Kier molecular flexibility index (Phi) is 5.27. The van der Waals surface area contributed by atoms with Crippen LogP contribution in [0.1, 0.15) is 21.6 Å². The molecule has 2 aromatic heterocycles. The highest BCUT2D eigenvalue weighted by atomic mass is 32.2. The number of hydrogen-bond acceptors (Lipinski definition) is 5. The lowest BCUT2D eigenvalue weighted by Gasteiger charge is -2.12. The summed E-state index contributed by atoms with van der Waals surface area (Å²) >= 11 is 2.97. The molecule has 1 N–H and O–H groups in total. The molecule has 5 nitrogen and oxygen atoms in total. The van der Waals surface area contributed by atoms with E-state index in [1.165, 1.54) is 15.7 Å². The number of aryl methyl sites for hydroxylation is 1. The van der Waals surface area contributed by atoms with Crippen LogP contribution in [0, 0.1) is 6.92 Å². The first kappa shape index (κ1) is 18.5. The monoisotopic (exact) mass is 407 g/mol. The number of para-hydroxylation sites is 1. The largest absolute Gasteiger partial charge is 0.321 e. The van der Waals surface area contributed by atoms with Gasteiger partial charge >= 0.3 is 0 Å². The third-order valence-electron chi connectivity index (χ3n) is 4.26. The standard InChI is InChI=1S/C21H17N3O2S2/c1-14-6-2-3-7-16(14)20(26)23-17-8-4-5-9-18(17)28-13-15-12-19(25)24-10-11-27-21(24)22-15/h2-12H,13H2,1H3,(H,23,26). The molecule has 0 unspecified atom stereocenters. The summed E-state index contributed by atoms with van der Waals surface area (Å²) in [7, 11) is 0. The zero-order chi connectivity index (χ0) is 19.5. The molecule has 2 aromatic carbocycles. The number of rotatable bonds is 5. The van der Waals surface area contributed by atoms with E-state index in [1.54, 1.807) is 24.0 Å². The highest BCUT2D eigenvalue weighted by Gasteiger charge is 2.12. The number of amides is 1. The van der Waals surface area contributed by atoms with Crippen LogP contribution in [-0.2, 0) is 5.75 Å². The van der Waals surface area contributed by atoms with Crippen molar-refractivity contribution in [3.63, 3.8) is 0 Å². The molecule has 0 radical (unpaired) electrons. The molecule has 7 heteroatoms. The number of thioether (sulfide) groups is 1. The number of benzene rings is 2. The van der Waals surface area contributed by atoms with Gasteiger partial charge in [0.25, 0.3) is 11.5 Å². The van der Waals surface area contributed by atoms with Gasteiger partial charge in [-0.3, -0.25) is 14.0 Å². The zero-order valence-corrected chi connectivity index (χ0v) is 16.7. The lowest BCUT2D eigenvalue weighted by Crippen LogP contribution is -2.14. The van der Waals surface area contributed by atoms with Crippen LogP contribution in [-0.4, -0.2) is 15.3 Å². The Morgan fingerprint density at radius 2 is 1.96 bits per heavy atom. The molecule has 4 aromatic rings. The van der Waals surface area contributed by atoms with Crippen LogP contribution in [0.15, 0.2) is 75.9 Å². The molecule has 0 saturated heterocycles. The minimum absolute atomic E-state index is 0.0806. The van der Waals surface area contributed by atoms with Crippen LogP contribution in [0.3, 0.4) is 0 Å². The third kappa shape index (κ3) is 3.85. The number of nitrogens with one attached hydrogen (secondary N) is 1. The van der Waals surface area contributed by atoms with Crippen LogP contribution < -0.4 is 10.9 Å². The average molecular weight is 408 g/mol. The van der Waals surface area contributed by atoms with E-state index in [9.17, 15) is 9.59 Å². The van der Waals surface area contributed by atoms with Gasteiger partial charge in [-0.25, -0.2) is 4.98 Å². The highest BCUT2D eigenvalue weighted by molar-refractivity contribution is 7.98. The first-order valence-electron chi connectivity index (χ1n) is 8.66.